The Morgan fingerprint density at radius 2 is 2.17 bits per heavy atom. The van der Waals surface area contributed by atoms with Crippen LogP contribution in [0.1, 0.15) is 50.8 Å². The Balaban J connectivity index is 1.62. The highest BCUT2D eigenvalue weighted by Gasteiger charge is 2.40. The highest BCUT2D eigenvalue weighted by molar-refractivity contribution is 4.95. The third-order valence-electron chi connectivity index (χ3n) is 4.49. The quantitative estimate of drug-likeness (QED) is 0.893. The first kappa shape index (κ1) is 12.2. The topological polar surface area (TPSA) is 53.1 Å². The van der Waals surface area contributed by atoms with Gasteiger partial charge in [-0.05, 0) is 25.7 Å². The summed E-state index contributed by atoms with van der Waals surface area (Å²) in [5, 5.41) is 0. The van der Waals surface area contributed by atoms with Gasteiger partial charge in [-0.25, -0.2) is 4.98 Å². The molecule has 18 heavy (non-hydrogen) atoms. The van der Waals surface area contributed by atoms with Crippen molar-refractivity contribution in [1.82, 2.24) is 9.55 Å². The van der Waals surface area contributed by atoms with Crippen LogP contribution >= 0.6 is 0 Å². The van der Waals surface area contributed by atoms with E-state index in [2.05, 4.69) is 9.55 Å². The molecule has 1 aliphatic carbocycles. The Kier molecular flexibility index (Phi) is 3.39. The lowest BCUT2D eigenvalue weighted by atomic mass is 9.83. The van der Waals surface area contributed by atoms with Crippen molar-refractivity contribution in [3.63, 3.8) is 0 Å². The molecular formula is C14H23N3O. The van der Waals surface area contributed by atoms with Crippen molar-refractivity contribution >= 4 is 0 Å². The van der Waals surface area contributed by atoms with Crippen molar-refractivity contribution in [3.8, 4) is 0 Å². The van der Waals surface area contributed by atoms with Crippen molar-refractivity contribution in [3.05, 3.63) is 18.2 Å². The van der Waals surface area contributed by atoms with Crippen molar-refractivity contribution in [1.29, 1.82) is 0 Å². The molecule has 1 unspecified atom stereocenters. The van der Waals surface area contributed by atoms with Crippen LogP contribution in [0.25, 0.3) is 0 Å². The van der Waals surface area contributed by atoms with Crippen LogP contribution in [0, 0.1) is 0 Å². The third kappa shape index (κ3) is 2.31. The summed E-state index contributed by atoms with van der Waals surface area (Å²) in [4.78, 5) is 4.26. The summed E-state index contributed by atoms with van der Waals surface area (Å²) < 4.78 is 8.52. The lowest BCUT2D eigenvalue weighted by Crippen LogP contribution is -2.32. The molecule has 1 saturated heterocycles. The molecule has 0 amide bonds. The van der Waals surface area contributed by atoms with E-state index in [0.717, 1.165) is 12.4 Å². The van der Waals surface area contributed by atoms with Gasteiger partial charge in [0.25, 0.3) is 0 Å². The summed E-state index contributed by atoms with van der Waals surface area (Å²) >= 11 is 0. The average Bonchev–Trinajstić information content (AvgIpc) is 2.99. The number of aromatic nitrogens is 2. The van der Waals surface area contributed by atoms with Crippen molar-refractivity contribution in [2.75, 3.05) is 0 Å². The fourth-order valence-corrected chi connectivity index (χ4v) is 3.50. The van der Waals surface area contributed by atoms with Crippen molar-refractivity contribution in [2.45, 2.75) is 69.7 Å². The van der Waals surface area contributed by atoms with E-state index in [1.54, 1.807) is 0 Å². The highest BCUT2D eigenvalue weighted by atomic mass is 16.5. The summed E-state index contributed by atoms with van der Waals surface area (Å²) in [5.41, 5.74) is 5.90. The van der Waals surface area contributed by atoms with Crippen LogP contribution in [0.2, 0.25) is 0 Å². The number of hydrogen-bond donors (Lipinski definition) is 1. The number of nitrogens with two attached hydrogens (primary N) is 1. The maximum atomic E-state index is 6.37. The summed E-state index contributed by atoms with van der Waals surface area (Å²) in [6.07, 6.45) is 13.2. The number of ether oxygens (including phenoxy) is 1. The summed E-state index contributed by atoms with van der Waals surface area (Å²) in [6, 6.07) is 0. The van der Waals surface area contributed by atoms with Crippen molar-refractivity contribution < 1.29 is 4.74 Å². The van der Waals surface area contributed by atoms with E-state index < -0.39 is 0 Å². The molecule has 0 bridgehead atoms. The lowest BCUT2D eigenvalue weighted by molar-refractivity contribution is -0.0681. The summed E-state index contributed by atoms with van der Waals surface area (Å²) in [6.45, 7) is 1.42. The first-order valence-electron chi connectivity index (χ1n) is 7.19. The fourth-order valence-electron chi connectivity index (χ4n) is 3.50. The Morgan fingerprint density at radius 1 is 1.33 bits per heavy atom. The van der Waals surface area contributed by atoms with Gasteiger partial charge in [-0.1, -0.05) is 19.3 Å². The molecule has 1 aromatic heterocycles. The first-order valence-corrected chi connectivity index (χ1v) is 7.19. The number of imidazole rings is 1. The zero-order chi connectivity index (χ0) is 12.4. The normalized spacial score (nSPS) is 26.8. The van der Waals surface area contributed by atoms with Gasteiger partial charge in [-0.2, -0.15) is 0 Å². The fraction of sp³-hybridized carbons (Fsp3) is 0.786. The van der Waals surface area contributed by atoms with E-state index in [-0.39, 0.29) is 5.60 Å². The smallest absolute Gasteiger partial charge is 0.122 e. The van der Waals surface area contributed by atoms with Crippen LogP contribution in [-0.4, -0.2) is 21.3 Å². The maximum absolute atomic E-state index is 6.37. The maximum Gasteiger partial charge on any atom is 0.122 e. The Morgan fingerprint density at radius 3 is 2.94 bits per heavy atom. The molecule has 1 aliphatic heterocycles. The third-order valence-corrected chi connectivity index (χ3v) is 4.49. The number of hydrogen-bond acceptors (Lipinski definition) is 3. The second-order valence-corrected chi connectivity index (χ2v) is 5.72. The molecule has 2 fully saturated rings. The molecule has 1 aromatic rings. The second-order valence-electron chi connectivity index (χ2n) is 5.72. The van der Waals surface area contributed by atoms with Gasteiger partial charge in [-0.3, -0.25) is 0 Å². The van der Waals surface area contributed by atoms with Crippen LogP contribution in [0.15, 0.2) is 12.4 Å². The lowest BCUT2D eigenvalue weighted by Gasteiger charge is -2.33. The number of nitrogens with zero attached hydrogens (tertiary/aromatic N) is 2. The predicted molar refractivity (Wildman–Crippen MR) is 70.0 cm³/mol. The minimum absolute atomic E-state index is 0.215. The van der Waals surface area contributed by atoms with E-state index in [1.165, 1.54) is 44.9 Å². The van der Waals surface area contributed by atoms with E-state index >= 15 is 0 Å². The van der Waals surface area contributed by atoms with Gasteiger partial charge in [-0.15, -0.1) is 0 Å². The van der Waals surface area contributed by atoms with Gasteiger partial charge < -0.3 is 15.0 Å². The molecule has 1 spiro atoms. The van der Waals surface area contributed by atoms with Crippen LogP contribution in [0.4, 0.5) is 0 Å². The van der Waals surface area contributed by atoms with E-state index in [4.69, 9.17) is 10.5 Å². The van der Waals surface area contributed by atoms with Gasteiger partial charge in [0.05, 0.1) is 24.8 Å². The first-order chi connectivity index (χ1) is 8.81. The Bertz CT molecular complexity index is 395. The molecule has 0 radical (unpaired) electrons. The molecule has 100 valence electrons. The number of rotatable bonds is 3. The Hall–Kier alpha value is -0.870. The molecule has 0 aromatic carbocycles. The summed E-state index contributed by atoms with van der Waals surface area (Å²) in [7, 11) is 0. The monoisotopic (exact) mass is 249 g/mol. The zero-order valence-electron chi connectivity index (χ0n) is 11.0. The van der Waals surface area contributed by atoms with Crippen molar-refractivity contribution in [2.24, 2.45) is 5.73 Å². The molecule has 4 nitrogen and oxygen atoms in total. The zero-order valence-corrected chi connectivity index (χ0v) is 11.0. The van der Waals surface area contributed by atoms with Gasteiger partial charge in [0, 0.05) is 12.4 Å². The van der Waals surface area contributed by atoms with Crippen LogP contribution in [0.3, 0.4) is 0 Å². The van der Waals surface area contributed by atoms with Gasteiger partial charge >= 0.3 is 0 Å². The van der Waals surface area contributed by atoms with E-state index in [9.17, 15) is 0 Å². The predicted octanol–water partition coefficient (Wildman–Crippen LogP) is 2.22. The second kappa shape index (κ2) is 5.02. The SMILES string of the molecule is NCc1nccn1CC1CCC2(CCCCC2)O1. The standard InChI is InChI=1S/C14H23N3O/c15-10-13-16-8-9-17(13)11-12-4-7-14(18-12)5-2-1-3-6-14/h8-9,12H,1-7,10-11,15H2. The van der Waals surface area contributed by atoms with E-state index in [1.807, 2.05) is 12.4 Å². The highest BCUT2D eigenvalue weighted by Crippen LogP contribution is 2.42. The molecule has 1 saturated carbocycles. The molecule has 1 atom stereocenters. The van der Waals surface area contributed by atoms with Crippen LogP contribution < -0.4 is 5.73 Å². The van der Waals surface area contributed by atoms with Gasteiger partial charge in [0.15, 0.2) is 0 Å². The molecule has 4 heteroatoms. The average molecular weight is 249 g/mol. The molecule has 2 heterocycles. The van der Waals surface area contributed by atoms with Gasteiger partial charge in [0.1, 0.15) is 5.82 Å². The minimum Gasteiger partial charge on any atom is -0.370 e. The minimum atomic E-state index is 0.215. The molecular weight excluding hydrogens is 226 g/mol. The Labute approximate surface area is 109 Å². The van der Waals surface area contributed by atoms with E-state index in [0.29, 0.717) is 12.6 Å². The molecule has 2 aliphatic rings. The molecule has 3 rings (SSSR count). The molecule has 2 N–H and O–H groups in total. The van der Waals surface area contributed by atoms with Gasteiger partial charge in [0.2, 0.25) is 0 Å². The summed E-state index contributed by atoms with van der Waals surface area (Å²) in [5.74, 6) is 0.961. The van der Waals surface area contributed by atoms with Crippen LogP contribution in [-0.2, 0) is 17.8 Å². The van der Waals surface area contributed by atoms with Crippen LogP contribution in [0.5, 0.6) is 0 Å². The largest absolute Gasteiger partial charge is 0.370 e.